The maximum absolute atomic E-state index is 13.3. The smallest absolute Gasteiger partial charge is 0.389 e. The number of ether oxygens (including phenoxy) is 1. The summed E-state index contributed by atoms with van der Waals surface area (Å²) in [4.78, 5) is 12.0. The van der Waals surface area contributed by atoms with E-state index in [0.717, 1.165) is 13.2 Å². The van der Waals surface area contributed by atoms with Crippen molar-refractivity contribution in [2.24, 2.45) is 5.73 Å². The number of carbonyl (C=O) groups is 1. The molecule has 1 unspecified atom stereocenters. The van der Waals surface area contributed by atoms with E-state index in [4.69, 9.17) is 5.73 Å². The van der Waals surface area contributed by atoms with Gasteiger partial charge in [0.25, 0.3) is 0 Å². The van der Waals surface area contributed by atoms with Crippen LogP contribution < -0.4 is 5.73 Å². The third-order valence-corrected chi connectivity index (χ3v) is 3.37. The molecular formula is C14H17F4NO2. The summed E-state index contributed by atoms with van der Waals surface area (Å²) < 4.78 is 54.8. The van der Waals surface area contributed by atoms with Crippen molar-refractivity contribution in [3.8, 4) is 0 Å². The predicted molar refractivity (Wildman–Crippen MR) is 69.1 cm³/mol. The summed E-state index contributed by atoms with van der Waals surface area (Å²) >= 11 is 0. The molecule has 0 aliphatic carbocycles. The molecule has 0 spiro atoms. The fourth-order valence-corrected chi connectivity index (χ4v) is 2.24. The number of halogens is 4. The molecule has 0 saturated carbocycles. The summed E-state index contributed by atoms with van der Waals surface area (Å²) in [6, 6.07) is 5.11. The molecule has 2 N–H and O–H groups in total. The molecule has 0 aliphatic rings. The molecule has 0 heterocycles. The van der Waals surface area contributed by atoms with Crippen LogP contribution in [0.2, 0.25) is 0 Å². The Hall–Kier alpha value is -1.63. The van der Waals surface area contributed by atoms with Crippen molar-refractivity contribution in [2.75, 3.05) is 13.7 Å². The van der Waals surface area contributed by atoms with Gasteiger partial charge in [0, 0.05) is 13.0 Å². The zero-order valence-corrected chi connectivity index (χ0v) is 11.5. The van der Waals surface area contributed by atoms with E-state index in [1.54, 1.807) is 0 Å². The van der Waals surface area contributed by atoms with Crippen molar-refractivity contribution >= 4 is 5.97 Å². The highest BCUT2D eigenvalue weighted by molar-refractivity contribution is 5.83. The van der Waals surface area contributed by atoms with Crippen molar-refractivity contribution in [3.63, 3.8) is 0 Å². The topological polar surface area (TPSA) is 52.3 Å². The van der Waals surface area contributed by atoms with Gasteiger partial charge in [0.1, 0.15) is 11.2 Å². The molecule has 1 atom stereocenters. The predicted octanol–water partition coefficient (Wildman–Crippen LogP) is 2.93. The highest BCUT2D eigenvalue weighted by Crippen LogP contribution is 2.33. The van der Waals surface area contributed by atoms with Gasteiger partial charge in [0.05, 0.1) is 7.11 Å². The van der Waals surface area contributed by atoms with E-state index in [0.29, 0.717) is 0 Å². The molecule has 118 valence electrons. The van der Waals surface area contributed by atoms with Crippen LogP contribution in [0.3, 0.4) is 0 Å². The van der Waals surface area contributed by atoms with Crippen LogP contribution in [0.25, 0.3) is 0 Å². The Labute approximate surface area is 120 Å². The standard InChI is InChI=1S/C14H17F4NO2/c1-21-12(20)13(9-19,6-3-7-14(16,17)18)10-4-2-5-11(15)8-10/h2,4-5,8H,3,6-7,9,19H2,1H3. The summed E-state index contributed by atoms with van der Waals surface area (Å²) in [5.41, 5.74) is 4.36. The van der Waals surface area contributed by atoms with Gasteiger partial charge < -0.3 is 10.5 Å². The first-order valence-corrected chi connectivity index (χ1v) is 6.36. The van der Waals surface area contributed by atoms with Crippen LogP contribution >= 0.6 is 0 Å². The summed E-state index contributed by atoms with van der Waals surface area (Å²) in [5, 5.41) is 0. The number of carbonyl (C=O) groups excluding carboxylic acids is 1. The Morgan fingerprint density at radius 2 is 1.95 bits per heavy atom. The van der Waals surface area contributed by atoms with E-state index in [2.05, 4.69) is 4.74 Å². The Balaban J connectivity index is 3.08. The number of hydrogen-bond donors (Lipinski definition) is 1. The van der Waals surface area contributed by atoms with Crippen LogP contribution in [0.4, 0.5) is 17.6 Å². The Morgan fingerprint density at radius 1 is 1.29 bits per heavy atom. The maximum Gasteiger partial charge on any atom is 0.389 e. The van der Waals surface area contributed by atoms with Crippen molar-refractivity contribution in [1.82, 2.24) is 0 Å². The third kappa shape index (κ3) is 4.42. The van der Waals surface area contributed by atoms with Gasteiger partial charge in [0.2, 0.25) is 0 Å². The average Bonchev–Trinajstić information content (AvgIpc) is 2.42. The van der Waals surface area contributed by atoms with Crippen LogP contribution in [0.5, 0.6) is 0 Å². The van der Waals surface area contributed by atoms with Crippen molar-refractivity contribution in [2.45, 2.75) is 30.9 Å². The van der Waals surface area contributed by atoms with Crippen LogP contribution in [-0.4, -0.2) is 25.8 Å². The molecule has 1 aromatic rings. The molecule has 0 radical (unpaired) electrons. The van der Waals surface area contributed by atoms with E-state index in [1.807, 2.05) is 0 Å². The third-order valence-electron chi connectivity index (χ3n) is 3.37. The van der Waals surface area contributed by atoms with Crippen LogP contribution in [-0.2, 0) is 14.9 Å². The molecular weight excluding hydrogens is 290 g/mol. The van der Waals surface area contributed by atoms with Gasteiger partial charge in [-0.2, -0.15) is 13.2 Å². The van der Waals surface area contributed by atoms with Crippen LogP contribution in [0.1, 0.15) is 24.8 Å². The summed E-state index contributed by atoms with van der Waals surface area (Å²) in [6.45, 7) is -0.263. The fraction of sp³-hybridized carbons (Fsp3) is 0.500. The minimum atomic E-state index is -4.32. The fourth-order valence-electron chi connectivity index (χ4n) is 2.24. The number of alkyl halides is 3. The van der Waals surface area contributed by atoms with Gasteiger partial charge in [-0.15, -0.1) is 0 Å². The monoisotopic (exact) mass is 307 g/mol. The normalized spacial score (nSPS) is 14.6. The number of benzene rings is 1. The molecule has 0 aliphatic heterocycles. The Bertz CT molecular complexity index is 490. The molecule has 1 rings (SSSR count). The molecule has 0 bridgehead atoms. The summed E-state index contributed by atoms with van der Waals surface area (Å²) in [5.74, 6) is -1.36. The molecule has 0 saturated heterocycles. The molecule has 1 aromatic carbocycles. The number of rotatable bonds is 6. The molecule has 21 heavy (non-hydrogen) atoms. The van der Waals surface area contributed by atoms with E-state index >= 15 is 0 Å². The van der Waals surface area contributed by atoms with Crippen molar-refractivity contribution in [3.05, 3.63) is 35.6 Å². The van der Waals surface area contributed by atoms with Crippen molar-refractivity contribution < 1.29 is 27.1 Å². The Morgan fingerprint density at radius 3 is 2.43 bits per heavy atom. The highest BCUT2D eigenvalue weighted by atomic mass is 19.4. The van der Waals surface area contributed by atoms with Gasteiger partial charge in [-0.05, 0) is 30.5 Å². The van der Waals surface area contributed by atoms with E-state index in [-0.39, 0.29) is 24.9 Å². The molecule has 7 heteroatoms. The zero-order valence-electron chi connectivity index (χ0n) is 11.5. The lowest BCUT2D eigenvalue weighted by molar-refractivity contribution is -0.150. The second-order valence-corrected chi connectivity index (χ2v) is 4.76. The number of nitrogens with two attached hydrogens (primary N) is 1. The first kappa shape index (κ1) is 17.4. The molecule has 0 amide bonds. The van der Waals surface area contributed by atoms with Crippen LogP contribution in [0.15, 0.2) is 24.3 Å². The minimum absolute atomic E-state index is 0.168. The first-order valence-electron chi connectivity index (χ1n) is 6.36. The lowest BCUT2D eigenvalue weighted by Crippen LogP contribution is -2.44. The molecule has 0 aromatic heterocycles. The first-order chi connectivity index (χ1) is 9.75. The largest absolute Gasteiger partial charge is 0.468 e. The van der Waals surface area contributed by atoms with Crippen LogP contribution in [0, 0.1) is 5.82 Å². The quantitative estimate of drug-likeness (QED) is 0.649. The van der Waals surface area contributed by atoms with E-state index in [1.165, 1.54) is 18.2 Å². The van der Waals surface area contributed by atoms with Gasteiger partial charge in [0.15, 0.2) is 0 Å². The zero-order chi connectivity index (χ0) is 16.1. The Kier molecular flexibility index (Phi) is 5.71. The second-order valence-electron chi connectivity index (χ2n) is 4.76. The minimum Gasteiger partial charge on any atom is -0.468 e. The molecule has 0 fully saturated rings. The molecule has 3 nitrogen and oxygen atoms in total. The number of methoxy groups -OCH3 is 1. The number of esters is 1. The SMILES string of the molecule is COC(=O)C(CN)(CCCC(F)(F)F)c1cccc(F)c1. The lowest BCUT2D eigenvalue weighted by Gasteiger charge is -2.30. The van der Waals surface area contributed by atoms with Gasteiger partial charge in [-0.1, -0.05) is 12.1 Å². The highest BCUT2D eigenvalue weighted by Gasteiger charge is 2.41. The van der Waals surface area contributed by atoms with E-state index in [9.17, 15) is 22.4 Å². The van der Waals surface area contributed by atoms with E-state index < -0.39 is 29.8 Å². The van der Waals surface area contributed by atoms with Gasteiger partial charge in [-0.25, -0.2) is 4.39 Å². The maximum atomic E-state index is 13.3. The average molecular weight is 307 g/mol. The summed E-state index contributed by atoms with van der Waals surface area (Å²) in [6.07, 6.45) is -5.83. The van der Waals surface area contributed by atoms with Gasteiger partial charge >= 0.3 is 12.1 Å². The second kappa shape index (κ2) is 6.89. The van der Waals surface area contributed by atoms with Crippen molar-refractivity contribution in [1.29, 1.82) is 0 Å². The lowest BCUT2D eigenvalue weighted by atomic mass is 9.76. The summed E-state index contributed by atoms with van der Waals surface area (Å²) in [7, 11) is 1.12. The van der Waals surface area contributed by atoms with Gasteiger partial charge in [-0.3, -0.25) is 4.79 Å². The number of hydrogen-bond acceptors (Lipinski definition) is 3.